The Morgan fingerprint density at radius 2 is 1.65 bits per heavy atom. The van der Waals surface area contributed by atoms with E-state index in [-0.39, 0.29) is 11.7 Å². The highest BCUT2D eigenvalue weighted by Gasteiger charge is 2.20. The fraction of sp³-hybridized carbons (Fsp3) is 0.500. The van der Waals surface area contributed by atoms with Gasteiger partial charge in [0.1, 0.15) is 5.82 Å². The van der Waals surface area contributed by atoms with Gasteiger partial charge in [-0.2, -0.15) is 0 Å². The molecule has 2 aliphatic heterocycles. The number of rotatable bonds is 17. The molecule has 2 aromatic carbocycles. The lowest BCUT2D eigenvalue weighted by molar-refractivity contribution is 0.0116. The van der Waals surface area contributed by atoms with Crippen LogP contribution >= 0.6 is 0 Å². The number of nitrogens with two attached hydrogens (primary N) is 1. The minimum absolute atomic E-state index is 0.136. The maximum Gasteiger partial charge on any atom is 0.251 e. The van der Waals surface area contributed by atoms with Gasteiger partial charge in [0.25, 0.3) is 5.91 Å². The van der Waals surface area contributed by atoms with Crippen molar-refractivity contribution in [3.63, 3.8) is 0 Å². The Bertz CT molecular complexity index is 1490. The number of halogens is 1. The minimum atomic E-state index is -0.303. The second-order valence-corrected chi connectivity index (χ2v) is 12.0. The zero-order valence-electron chi connectivity index (χ0n) is 29.0. The SMILES string of the molecule is CC1=C=CCN(CCCNC(=O)c2ccc(N3CCN(CCOCCOCCOCCN)CC3)c(C#Cc3ccc(F)cc3)c2)C(C)=NC1. The topological polar surface area (TPSA) is 105 Å². The number of amidine groups is 1. The Labute approximate surface area is 290 Å². The van der Waals surface area contributed by atoms with Crippen molar-refractivity contribution in [3.05, 3.63) is 82.4 Å². The Morgan fingerprint density at radius 3 is 2.39 bits per heavy atom. The van der Waals surface area contributed by atoms with Gasteiger partial charge in [-0.25, -0.2) is 4.39 Å². The normalized spacial score (nSPS) is 15.2. The van der Waals surface area contributed by atoms with Crippen molar-refractivity contribution in [1.29, 1.82) is 0 Å². The lowest BCUT2D eigenvalue weighted by atomic mass is 10.1. The van der Waals surface area contributed by atoms with Gasteiger partial charge >= 0.3 is 0 Å². The van der Waals surface area contributed by atoms with E-state index in [0.717, 1.165) is 74.9 Å². The van der Waals surface area contributed by atoms with Crippen LogP contribution in [0.25, 0.3) is 0 Å². The molecular weight excluding hydrogens is 623 g/mol. The molecule has 10 nitrogen and oxygen atoms in total. The van der Waals surface area contributed by atoms with Crippen molar-refractivity contribution in [2.75, 3.05) is 110 Å². The minimum Gasteiger partial charge on any atom is -0.378 e. The first-order valence-corrected chi connectivity index (χ1v) is 17.2. The average molecular weight is 675 g/mol. The van der Waals surface area contributed by atoms with Crippen molar-refractivity contribution in [1.82, 2.24) is 15.1 Å². The molecule has 0 bridgehead atoms. The van der Waals surface area contributed by atoms with E-state index in [1.165, 1.54) is 12.1 Å². The van der Waals surface area contributed by atoms with E-state index in [2.05, 4.69) is 42.6 Å². The third-order valence-corrected chi connectivity index (χ3v) is 8.27. The highest BCUT2D eigenvalue weighted by molar-refractivity contribution is 5.95. The Morgan fingerprint density at radius 1 is 0.939 bits per heavy atom. The van der Waals surface area contributed by atoms with E-state index >= 15 is 0 Å². The molecule has 4 rings (SSSR count). The van der Waals surface area contributed by atoms with Crippen LogP contribution in [0.5, 0.6) is 0 Å². The van der Waals surface area contributed by atoms with E-state index in [4.69, 9.17) is 19.9 Å². The molecule has 2 aliphatic rings. The third-order valence-electron chi connectivity index (χ3n) is 8.27. The largest absolute Gasteiger partial charge is 0.378 e. The number of anilines is 1. The van der Waals surface area contributed by atoms with Gasteiger partial charge in [-0.05, 0) is 74.4 Å². The standard InChI is InChI=1S/C38H51FN6O4/c1-31-5-3-16-44(32(2)42-30-31)17-4-15-41-38(46)35-10-13-37(34(29-35)9-6-33-7-11-36(39)12-8-33)45-20-18-43(19-21-45)22-24-48-26-28-49-27-25-47-23-14-40/h3,7-8,10-13,29H,4,14-28,30,40H2,1-2H3,(H,41,46). The number of carbonyl (C=O) groups excluding carboxylic acids is 1. The van der Waals surface area contributed by atoms with Gasteiger partial charge in [-0.3, -0.25) is 14.7 Å². The molecule has 264 valence electrons. The lowest BCUT2D eigenvalue weighted by Crippen LogP contribution is -2.47. The van der Waals surface area contributed by atoms with Crippen LogP contribution < -0.4 is 16.0 Å². The summed E-state index contributed by atoms with van der Waals surface area (Å²) < 4.78 is 30.1. The van der Waals surface area contributed by atoms with Crippen LogP contribution in [0.3, 0.4) is 0 Å². The molecule has 0 saturated carbocycles. The van der Waals surface area contributed by atoms with Crippen molar-refractivity contribution < 1.29 is 23.4 Å². The summed E-state index contributed by atoms with van der Waals surface area (Å²) in [5, 5.41) is 3.07. The second-order valence-electron chi connectivity index (χ2n) is 12.0. The second kappa shape index (κ2) is 21.2. The quantitative estimate of drug-likeness (QED) is 0.150. The van der Waals surface area contributed by atoms with E-state index in [1.807, 2.05) is 38.1 Å². The van der Waals surface area contributed by atoms with Crippen molar-refractivity contribution in [3.8, 4) is 11.8 Å². The zero-order valence-corrected chi connectivity index (χ0v) is 29.0. The van der Waals surface area contributed by atoms with Crippen LogP contribution in [0.4, 0.5) is 10.1 Å². The summed E-state index contributed by atoms with van der Waals surface area (Å²) in [7, 11) is 0. The number of hydrogen-bond donors (Lipinski definition) is 2. The summed E-state index contributed by atoms with van der Waals surface area (Å²) in [5.74, 6) is 6.99. The molecule has 2 aromatic rings. The van der Waals surface area contributed by atoms with E-state index in [1.54, 1.807) is 12.1 Å². The van der Waals surface area contributed by atoms with Crippen LogP contribution in [0, 0.1) is 17.7 Å². The molecule has 0 unspecified atom stereocenters. The van der Waals surface area contributed by atoms with Gasteiger partial charge in [0.2, 0.25) is 0 Å². The maximum absolute atomic E-state index is 13.5. The summed E-state index contributed by atoms with van der Waals surface area (Å²) in [6.45, 7) is 15.0. The van der Waals surface area contributed by atoms with Crippen LogP contribution in [0.2, 0.25) is 0 Å². The number of piperazine rings is 1. The summed E-state index contributed by atoms with van der Waals surface area (Å²) in [4.78, 5) is 24.8. The smallest absolute Gasteiger partial charge is 0.251 e. The van der Waals surface area contributed by atoms with Gasteiger partial charge in [-0.15, -0.1) is 5.73 Å². The maximum atomic E-state index is 13.5. The van der Waals surface area contributed by atoms with Crippen molar-refractivity contribution in [2.45, 2.75) is 20.3 Å². The van der Waals surface area contributed by atoms with Crippen LogP contribution in [-0.4, -0.2) is 127 Å². The van der Waals surface area contributed by atoms with Crippen molar-refractivity contribution in [2.24, 2.45) is 10.7 Å². The Balaban J connectivity index is 1.29. The lowest BCUT2D eigenvalue weighted by Gasteiger charge is -2.36. The Hall–Kier alpha value is -4.01. The molecule has 0 atom stereocenters. The summed E-state index contributed by atoms with van der Waals surface area (Å²) in [5.41, 5.74) is 12.8. The molecule has 11 heteroatoms. The van der Waals surface area contributed by atoms with Gasteiger partial charge in [-0.1, -0.05) is 11.8 Å². The molecule has 2 heterocycles. The molecule has 1 saturated heterocycles. The molecular formula is C38H51FN6O4. The number of benzene rings is 2. The average Bonchev–Trinajstić information content (AvgIpc) is 3.11. The van der Waals surface area contributed by atoms with E-state index < -0.39 is 0 Å². The number of carbonyl (C=O) groups is 1. The molecule has 0 aromatic heterocycles. The van der Waals surface area contributed by atoms with Crippen LogP contribution in [0.15, 0.2) is 64.8 Å². The predicted molar refractivity (Wildman–Crippen MR) is 193 cm³/mol. The summed E-state index contributed by atoms with van der Waals surface area (Å²) in [6.07, 6.45) is 2.83. The molecule has 49 heavy (non-hydrogen) atoms. The van der Waals surface area contributed by atoms with Crippen LogP contribution in [-0.2, 0) is 14.2 Å². The van der Waals surface area contributed by atoms with Gasteiger partial charge in [0.15, 0.2) is 0 Å². The number of hydrogen-bond acceptors (Lipinski definition) is 9. The summed E-state index contributed by atoms with van der Waals surface area (Å²) in [6, 6.07) is 11.9. The number of nitrogens with one attached hydrogen (secondary N) is 1. The van der Waals surface area contributed by atoms with Gasteiger partial charge in [0.05, 0.1) is 57.7 Å². The first-order valence-electron chi connectivity index (χ1n) is 17.2. The third kappa shape index (κ3) is 13.4. The molecule has 3 N–H and O–H groups in total. The molecule has 0 aliphatic carbocycles. The fourth-order valence-electron chi connectivity index (χ4n) is 5.42. The van der Waals surface area contributed by atoms with Crippen molar-refractivity contribution >= 4 is 17.4 Å². The van der Waals surface area contributed by atoms with Crippen LogP contribution in [0.1, 0.15) is 41.8 Å². The molecule has 0 radical (unpaired) electrons. The first kappa shape index (κ1) is 37.8. The molecule has 1 fully saturated rings. The molecule has 1 amide bonds. The number of ether oxygens (including phenoxy) is 3. The van der Waals surface area contributed by atoms with E-state index in [9.17, 15) is 9.18 Å². The molecule has 0 spiro atoms. The number of nitrogens with zero attached hydrogens (tertiary/aromatic N) is 4. The number of amides is 1. The fourth-order valence-corrected chi connectivity index (χ4v) is 5.42. The Kier molecular flexibility index (Phi) is 16.3. The first-order chi connectivity index (χ1) is 23.9. The summed E-state index contributed by atoms with van der Waals surface area (Å²) >= 11 is 0. The monoisotopic (exact) mass is 674 g/mol. The highest BCUT2D eigenvalue weighted by atomic mass is 19.1. The predicted octanol–water partition coefficient (Wildman–Crippen LogP) is 3.31. The van der Waals surface area contributed by atoms with E-state index in [0.29, 0.717) is 70.4 Å². The van der Waals surface area contributed by atoms with Gasteiger partial charge in [0, 0.05) is 75.6 Å². The highest BCUT2D eigenvalue weighted by Crippen LogP contribution is 2.23. The van der Waals surface area contributed by atoms with Gasteiger partial charge < -0.3 is 35.1 Å². The zero-order chi connectivity index (χ0) is 34.7. The number of aliphatic imine (C=N–C) groups is 1.